The second-order valence-corrected chi connectivity index (χ2v) is 6.71. The third-order valence-electron chi connectivity index (χ3n) is 3.97. The Balaban J connectivity index is -0.000000556. The van der Waals surface area contributed by atoms with Gasteiger partial charge in [-0.1, -0.05) is 58.3 Å². The summed E-state index contributed by atoms with van der Waals surface area (Å²) in [5, 5.41) is 72.8. The van der Waals surface area contributed by atoms with Gasteiger partial charge in [0, 0.05) is 6.42 Å². The number of Topliss-reactive ketones (excluding diaryl/α,β-unsaturated/α-hetero) is 1. The molecule has 0 atom stereocenters. The molecule has 0 saturated carbocycles. The summed E-state index contributed by atoms with van der Waals surface area (Å²) in [6, 6.07) is 0. The van der Waals surface area contributed by atoms with Crippen LogP contribution in [0.4, 0.5) is 0 Å². The standard InChI is InChI=1S/C15H30O4.C3H8O3.BH3O3/c1-2-3-4-5-6-7-8-9-10-11-14(18)15(19,12-16)13-17;4-1-3(6)2-5;2-1(3)4/h16-17,19H,2-13H2,1H3;3-6H,1-2H2;2-4H. The molecule has 0 aromatic rings. The lowest BCUT2D eigenvalue weighted by molar-refractivity contribution is -0.146. The van der Waals surface area contributed by atoms with Crippen LogP contribution < -0.4 is 0 Å². The quantitative estimate of drug-likeness (QED) is 0.109. The Morgan fingerprint density at radius 2 is 1.14 bits per heavy atom. The molecule has 29 heavy (non-hydrogen) atoms. The first-order valence-corrected chi connectivity index (χ1v) is 10.1. The van der Waals surface area contributed by atoms with E-state index in [4.69, 9.17) is 40.6 Å². The van der Waals surface area contributed by atoms with Crippen molar-refractivity contribution < 1.29 is 50.5 Å². The van der Waals surface area contributed by atoms with E-state index < -0.39 is 38.0 Å². The van der Waals surface area contributed by atoms with E-state index in [9.17, 15) is 9.90 Å². The fourth-order valence-electron chi connectivity index (χ4n) is 2.11. The molecule has 0 amide bonds. The first-order valence-electron chi connectivity index (χ1n) is 10.1. The number of unbranched alkanes of at least 4 members (excludes halogenated alkanes) is 8. The smallest absolute Gasteiger partial charge is 0.402 e. The van der Waals surface area contributed by atoms with Gasteiger partial charge < -0.3 is 45.7 Å². The Kier molecular flexibility index (Phi) is 26.9. The van der Waals surface area contributed by atoms with Crippen LogP contribution >= 0.6 is 0 Å². The molecule has 0 saturated heterocycles. The zero-order valence-corrected chi connectivity index (χ0v) is 17.5. The highest BCUT2D eigenvalue weighted by molar-refractivity contribution is 6.30. The van der Waals surface area contributed by atoms with Gasteiger partial charge in [-0.05, 0) is 6.42 Å². The minimum absolute atomic E-state index is 0.230. The van der Waals surface area contributed by atoms with Crippen LogP contribution in [0.1, 0.15) is 71.1 Å². The van der Waals surface area contributed by atoms with E-state index in [0.717, 1.165) is 19.3 Å². The van der Waals surface area contributed by atoms with Gasteiger partial charge in [0.15, 0.2) is 11.4 Å². The maximum Gasteiger partial charge on any atom is 0.631 e. The van der Waals surface area contributed by atoms with Gasteiger partial charge in [-0.25, -0.2) is 0 Å². The van der Waals surface area contributed by atoms with Gasteiger partial charge in [-0.15, -0.1) is 0 Å². The van der Waals surface area contributed by atoms with Gasteiger partial charge in [0.05, 0.1) is 26.4 Å². The summed E-state index contributed by atoms with van der Waals surface area (Å²) in [5.74, 6) is -0.458. The van der Waals surface area contributed by atoms with E-state index in [1.807, 2.05) is 0 Å². The van der Waals surface area contributed by atoms with Gasteiger partial charge in [-0.2, -0.15) is 0 Å². The molecule has 0 aliphatic rings. The fourth-order valence-corrected chi connectivity index (χ4v) is 2.11. The van der Waals surface area contributed by atoms with Crippen molar-refractivity contribution in [3.8, 4) is 0 Å². The molecule has 0 aliphatic heterocycles. The Morgan fingerprint density at radius 3 is 1.41 bits per heavy atom. The van der Waals surface area contributed by atoms with E-state index in [0.29, 0.717) is 0 Å². The van der Waals surface area contributed by atoms with Gasteiger partial charge in [-0.3, -0.25) is 4.79 Å². The van der Waals surface area contributed by atoms with Crippen molar-refractivity contribution in [2.45, 2.75) is 82.8 Å². The average molecular weight is 428 g/mol. The molecule has 11 heteroatoms. The SMILES string of the molecule is CCCCCCCCCCCC(=O)C(O)(CO)CO.OB(O)O.OCC(O)CO. The largest absolute Gasteiger partial charge is 0.631 e. The zero-order valence-electron chi connectivity index (χ0n) is 17.5. The summed E-state index contributed by atoms with van der Waals surface area (Å²) >= 11 is 0. The number of hydrogen-bond donors (Lipinski definition) is 9. The van der Waals surface area contributed by atoms with Crippen molar-refractivity contribution in [1.29, 1.82) is 0 Å². The van der Waals surface area contributed by atoms with Crippen LogP contribution in [0.5, 0.6) is 0 Å². The molecule has 0 aromatic carbocycles. The molecule has 0 bridgehead atoms. The normalized spacial score (nSPS) is 10.7. The highest BCUT2D eigenvalue weighted by Crippen LogP contribution is 2.13. The van der Waals surface area contributed by atoms with Crippen LogP contribution in [0.25, 0.3) is 0 Å². The van der Waals surface area contributed by atoms with Crippen molar-refractivity contribution in [3.63, 3.8) is 0 Å². The molecule has 176 valence electrons. The lowest BCUT2D eigenvalue weighted by Crippen LogP contribution is -2.45. The molecule has 0 rings (SSSR count). The predicted molar refractivity (Wildman–Crippen MR) is 109 cm³/mol. The number of carbonyl (C=O) groups is 1. The highest BCUT2D eigenvalue weighted by Gasteiger charge is 2.33. The molecule has 0 aliphatic carbocycles. The van der Waals surface area contributed by atoms with Gasteiger partial charge in [0.1, 0.15) is 6.10 Å². The van der Waals surface area contributed by atoms with Crippen molar-refractivity contribution in [1.82, 2.24) is 0 Å². The van der Waals surface area contributed by atoms with Gasteiger partial charge in [0.25, 0.3) is 0 Å². The first-order chi connectivity index (χ1) is 13.6. The number of aliphatic hydroxyl groups excluding tert-OH is 5. The highest BCUT2D eigenvalue weighted by atomic mass is 16.5. The molecule has 0 fully saturated rings. The van der Waals surface area contributed by atoms with Crippen molar-refractivity contribution >= 4 is 13.1 Å². The third kappa shape index (κ3) is 25.3. The Hall–Kier alpha value is -0.625. The summed E-state index contributed by atoms with van der Waals surface area (Å²) in [6.45, 7) is 0.0590. The van der Waals surface area contributed by atoms with Crippen LogP contribution in [0, 0.1) is 0 Å². The molecule has 0 heterocycles. The van der Waals surface area contributed by atoms with Crippen LogP contribution in [-0.4, -0.2) is 96.9 Å². The summed E-state index contributed by atoms with van der Waals surface area (Å²) in [5.41, 5.74) is -1.94. The van der Waals surface area contributed by atoms with Crippen LogP contribution in [0.2, 0.25) is 0 Å². The van der Waals surface area contributed by atoms with Gasteiger partial charge in [0.2, 0.25) is 0 Å². The molecule has 0 aromatic heterocycles. The second kappa shape index (κ2) is 23.7. The minimum Gasteiger partial charge on any atom is -0.402 e. The number of hydrogen-bond acceptors (Lipinski definition) is 10. The zero-order chi connectivity index (χ0) is 23.1. The molecular weight excluding hydrogens is 387 g/mol. The van der Waals surface area contributed by atoms with E-state index in [2.05, 4.69) is 6.92 Å². The maximum absolute atomic E-state index is 11.6. The first kappa shape index (κ1) is 33.0. The number of aliphatic hydroxyl groups is 6. The monoisotopic (exact) mass is 428 g/mol. The molecule has 0 radical (unpaired) electrons. The predicted octanol–water partition coefficient (Wildman–Crippen LogP) is -1.53. The van der Waals surface area contributed by atoms with Crippen LogP contribution in [0.3, 0.4) is 0 Å². The minimum atomic E-state index is -2.17. The molecule has 0 unspecified atom stereocenters. The van der Waals surface area contributed by atoms with E-state index in [1.54, 1.807) is 0 Å². The summed E-state index contributed by atoms with van der Waals surface area (Å²) in [6.07, 6.45) is 9.71. The molecule has 9 N–H and O–H groups in total. The third-order valence-corrected chi connectivity index (χ3v) is 3.97. The summed E-state index contributed by atoms with van der Waals surface area (Å²) in [7, 11) is -2.17. The molecule has 0 spiro atoms. The van der Waals surface area contributed by atoms with Crippen molar-refractivity contribution in [2.24, 2.45) is 0 Å². The Bertz CT molecular complexity index is 334. The van der Waals surface area contributed by atoms with Crippen molar-refractivity contribution in [2.75, 3.05) is 26.4 Å². The maximum atomic E-state index is 11.6. The summed E-state index contributed by atoms with van der Waals surface area (Å²) < 4.78 is 0. The van der Waals surface area contributed by atoms with E-state index in [1.165, 1.54) is 38.5 Å². The van der Waals surface area contributed by atoms with E-state index in [-0.39, 0.29) is 19.6 Å². The fraction of sp³-hybridized carbons (Fsp3) is 0.944. The number of rotatable bonds is 15. The topological polar surface area (TPSA) is 199 Å². The molecular formula is C18H41BO10. The van der Waals surface area contributed by atoms with Crippen LogP contribution in [-0.2, 0) is 4.79 Å². The van der Waals surface area contributed by atoms with Crippen LogP contribution in [0.15, 0.2) is 0 Å². The Morgan fingerprint density at radius 1 is 0.793 bits per heavy atom. The average Bonchev–Trinajstić information content (AvgIpc) is 2.71. The number of carbonyl (C=O) groups excluding carboxylic acids is 1. The van der Waals surface area contributed by atoms with Gasteiger partial charge >= 0.3 is 7.32 Å². The summed E-state index contributed by atoms with van der Waals surface area (Å²) in [4.78, 5) is 11.6. The van der Waals surface area contributed by atoms with E-state index >= 15 is 0 Å². The lowest BCUT2D eigenvalue weighted by Gasteiger charge is -2.21. The van der Waals surface area contributed by atoms with Crippen molar-refractivity contribution in [3.05, 3.63) is 0 Å². The number of ketones is 1. The lowest BCUT2D eigenvalue weighted by atomic mass is 9.95. The molecule has 10 nitrogen and oxygen atoms in total. The Labute approximate surface area is 173 Å². The second-order valence-electron chi connectivity index (χ2n) is 6.71.